The van der Waals surface area contributed by atoms with Gasteiger partial charge in [-0.25, -0.2) is 0 Å². The predicted molar refractivity (Wildman–Crippen MR) is 96.1 cm³/mol. The first kappa shape index (κ1) is 19.5. The number of esters is 1. The fourth-order valence-electron chi connectivity index (χ4n) is 2.11. The van der Waals surface area contributed by atoms with E-state index in [1.165, 1.54) is 5.56 Å². The van der Waals surface area contributed by atoms with Gasteiger partial charge in [0.05, 0.1) is 6.42 Å². The number of likely N-dealkylation sites (N-methyl/N-ethyl adjacent to an activating group) is 1. The molecule has 0 fully saturated rings. The molecule has 0 aromatic heterocycles. The Morgan fingerprint density at radius 1 is 1.04 bits per heavy atom. The van der Waals surface area contributed by atoms with Gasteiger partial charge in [0.2, 0.25) is 0 Å². The first-order chi connectivity index (χ1) is 10.6. The number of ether oxygens (including phenoxy) is 1. The van der Waals surface area contributed by atoms with Crippen LogP contribution < -0.4 is 0 Å². The van der Waals surface area contributed by atoms with Crippen LogP contribution in [0.25, 0.3) is 0 Å². The van der Waals surface area contributed by atoms with Crippen molar-refractivity contribution >= 4 is 30.0 Å². The van der Waals surface area contributed by atoms with Crippen LogP contribution in [0.4, 0.5) is 0 Å². The van der Waals surface area contributed by atoms with Crippen molar-refractivity contribution in [3.05, 3.63) is 70.7 Å². The monoisotopic (exact) mass is 353 g/mol. The van der Waals surface area contributed by atoms with Gasteiger partial charge in [0, 0.05) is 18.1 Å². The minimum absolute atomic E-state index is 0. The molecule has 0 radical (unpaired) electrons. The summed E-state index contributed by atoms with van der Waals surface area (Å²) in [4.78, 5) is 13.9. The van der Waals surface area contributed by atoms with E-state index in [0.717, 1.165) is 12.1 Å². The lowest BCUT2D eigenvalue weighted by atomic mass is 10.1. The molecule has 124 valence electrons. The third-order valence-electron chi connectivity index (χ3n) is 3.29. The van der Waals surface area contributed by atoms with Crippen molar-refractivity contribution < 1.29 is 9.53 Å². The van der Waals surface area contributed by atoms with Gasteiger partial charge in [0.15, 0.2) is 0 Å². The Bertz CT molecular complexity index is 588. The van der Waals surface area contributed by atoms with E-state index in [0.29, 0.717) is 18.2 Å². The maximum absolute atomic E-state index is 11.8. The van der Waals surface area contributed by atoms with Crippen LogP contribution in [-0.2, 0) is 22.5 Å². The first-order valence-electron chi connectivity index (χ1n) is 7.26. The second-order valence-corrected chi connectivity index (χ2v) is 5.68. The van der Waals surface area contributed by atoms with Gasteiger partial charge in [-0.15, -0.1) is 12.4 Å². The Balaban J connectivity index is 0.00000264. The van der Waals surface area contributed by atoms with Crippen LogP contribution in [0.5, 0.6) is 0 Å². The Hall–Kier alpha value is -1.55. The zero-order valence-corrected chi connectivity index (χ0v) is 14.6. The molecule has 0 amide bonds. The van der Waals surface area contributed by atoms with Crippen LogP contribution >= 0.6 is 24.0 Å². The van der Waals surface area contributed by atoms with Gasteiger partial charge in [-0.3, -0.25) is 9.69 Å². The molecule has 0 unspecified atom stereocenters. The third-order valence-corrected chi connectivity index (χ3v) is 3.55. The van der Waals surface area contributed by atoms with Crippen molar-refractivity contribution in [3.63, 3.8) is 0 Å². The van der Waals surface area contributed by atoms with Crippen LogP contribution in [0.3, 0.4) is 0 Å². The minimum atomic E-state index is -0.213. The van der Waals surface area contributed by atoms with E-state index in [1.807, 2.05) is 37.4 Å². The number of nitrogens with zero attached hydrogens (tertiary/aromatic N) is 1. The lowest BCUT2D eigenvalue weighted by Gasteiger charge is -2.16. The SMILES string of the molecule is CN(CCOC(=O)Cc1ccc(Cl)cc1)Cc1ccccc1.Cl. The second-order valence-electron chi connectivity index (χ2n) is 5.25. The van der Waals surface area contributed by atoms with Gasteiger partial charge in [0.25, 0.3) is 0 Å². The molecule has 0 N–H and O–H groups in total. The van der Waals surface area contributed by atoms with Crippen molar-refractivity contribution in [2.75, 3.05) is 20.2 Å². The second kappa shape index (κ2) is 10.3. The molecule has 0 saturated heterocycles. The van der Waals surface area contributed by atoms with E-state index in [-0.39, 0.29) is 24.8 Å². The average molecular weight is 354 g/mol. The first-order valence-corrected chi connectivity index (χ1v) is 7.64. The summed E-state index contributed by atoms with van der Waals surface area (Å²) in [6, 6.07) is 17.4. The van der Waals surface area contributed by atoms with Crippen molar-refractivity contribution in [1.29, 1.82) is 0 Å². The fourth-order valence-corrected chi connectivity index (χ4v) is 2.24. The number of hydrogen-bond donors (Lipinski definition) is 0. The molecule has 5 heteroatoms. The number of benzene rings is 2. The summed E-state index contributed by atoms with van der Waals surface area (Å²) >= 11 is 5.81. The van der Waals surface area contributed by atoms with E-state index in [2.05, 4.69) is 17.0 Å². The Kier molecular flexibility index (Phi) is 8.70. The highest BCUT2D eigenvalue weighted by molar-refractivity contribution is 6.30. The highest BCUT2D eigenvalue weighted by atomic mass is 35.5. The van der Waals surface area contributed by atoms with Crippen molar-refractivity contribution in [2.24, 2.45) is 0 Å². The topological polar surface area (TPSA) is 29.5 Å². The van der Waals surface area contributed by atoms with E-state index >= 15 is 0 Å². The van der Waals surface area contributed by atoms with Crippen LogP contribution in [0.2, 0.25) is 5.02 Å². The van der Waals surface area contributed by atoms with Gasteiger partial charge in [-0.1, -0.05) is 54.1 Å². The molecule has 0 aliphatic rings. The normalized spacial score (nSPS) is 10.2. The average Bonchev–Trinajstić information content (AvgIpc) is 2.50. The summed E-state index contributed by atoms with van der Waals surface area (Å²) < 4.78 is 5.27. The van der Waals surface area contributed by atoms with Gasteiger partial charge >= 0.3 is 5.97 Å². The van der Waals surface area contributed by atoms with E-state index in [1.54, 1.807) is 12.1 Å². The molecule has 0 heterocycles. The highest BCUT2D eigenvalue weighted by Gasteiger charge is 2.06. The van der Waals surface area contributed by atoms with Gasteiger partial charge in [-0.2, -0.15) is 0 Å². The molecule has 0 spiro atoms. The van der Waals surface area contributed by atoms with E-state index < -0.39 is 0 Å². The smallest absolute Gasteiger partial charge is 0.310 e. The van der Waals surface area contributed by atoms with Crippen LogP contribution in [-0.4, -0.2) is 31.1 Å². The van der Waals surface area contributed by atoms with Crippen molar-refractivity contribution in [1.82, 2.24) is 4.90 Å². The summed E-state index contributed by atoms with van der Waals surface area (Å²) in [5, 5.41) is 0.666. The molecule has 3 nitrogen and oxygen atoms in total. The Morgan fingerprint density at radius 3 is 2.35 bits per heavy atom. The number of carbonyl (C=O) groups excluding carboxylic acids is 1. The number of halogens is 2. The quantitative estimate of drug-likeness (QED) is 0.705. The molecule has 2 aromatic carbocycles. The predicted octanol–water partition coefficient (Wildman–Crippen LogP) is 3.98. The summed E-state index contributed by atoms with van der Waals surface area (Å²) in [5.74, 6) is -0.213. The summed E-state index contributed by atoms with van der Waals surface area (Å²) in [6.07, 6.45) is 0.277. The molecule has 0 atom stereocenters. The van der Waals surface area contributed by atoms with Crippen molar-refractivity contribution in [3.8, 4) is 0 Å². The van der Waals surface area contributed by atoms with Crippen LogP contribution in [0.1, 0.15) is 11.1 Å². The van der Waals surface area contributed by atoms with Crippen LogP contribution in [0, 0.1) is 0 Å². The van der Waals surface area contributed by atoms with Crippen molar-refractivity contribution in [2.45, 2.75) is 13.0 Å². The minimum Gasteiger partial charge on any atom is -0.464 e. The molecule has 0 saturated carbocycles. The lowest BCUT2D eigenvalue weighted by Crippen LogP contribution is -2.24. The standard InChI is InChI=1S/C18H20ClNO2.ClH/c1-20(14-16-5-3-2-4-6-16)11-12-22-18(21)13-15-7-9-17(19)10-8-15;/h2-10H,11-14H2,1H3;1H. The molecular weight excluding hydrogens is 333 g/mol. The molecular formula is C18H21Cl2NO2. The summed E-state index contributed by atoms with van der Waals surface area (Å²) in [7, 11) is 2.01. The largest absolute Gasteiger partial charge is 0.464 e. The molecule has 0 aliphatic heterocycles. The molecule has 0 bridgehead atoms. The molecule has 23 heavy (non-hydrogen) atoms. The lowest BCUT2D eigenvalue weighted by molar-refractivity contribution is -0.143. The van der Waals surface area contributed by atoms with E-state index in [4.69, 9.17) is 16.3 Å². The summed E-state index contributed by atoms with van der Waals surface area (Å²) in [5.41, 5.74) is 2.16. The van der Waals surface area contributed by atoms with E-state index in [9.17, 15) is 4.79 Å². The highest BCUT2D eigenvalue weighted by Crippen LogP contribution is 2.10. The number of rotatable bonds is 7. The van der Waals surface area contributed by atoms with Gasteiger partial charge in [-0.05, 0) is 30.3 Å². The number of carbonyl (C=O) groups is 1. The fraction of sp³-hybridized carbons (Fsp3) is 0.278. The Morgan fingerprint density at radius 2 is 1.70 bits per heavy atom. The maximum atomic E-state index is 11.8. The zero-order valence-electron chi connectivity index (χ0n) is 13.1. The van der Waals surface area contributed by atoms with Crippen LogP contribution in [0.15, 0.2) is 54.6 Å². The zero-order chi connectivity index (χ0) is 15.8. The molecule has 2 aromatic rings. The van der Waals surface area contributed by atoms with Gasteiger partial charge in [0.1, 0.15) is 6.61 Å². The maximum Gasteiger partial charge on any atom is 0.310 e. The number of hydrogen-bond acceptors (Lipinski definition) is 3. The third kappa shape index (κ3) is 7.51. The molecule has 2 rings (SSSR count). The molecule has 0 aliphatic carbocycles. The Labute approximate surface area is 148 Å². The summed E-state index contributed by atoms with van der Waals surface area (Å²) in [6.45, 7) is 1.95. The van der Waals surface area contributed by atoms with Gasteiger partial charge < -0.3 is 4.74 Å².